The Morgan fingerprint density at radius 1 is 1.20 bits per heavy atom. The monoisotopic (exact) mass is 297 g/mol. The van der Waals surface area contributed by atoms with Gasteiger partial charge in [-0.05, 0) is 37.1 Å². The maximum atomic E-state index is 11.5. The van der Waals surface area contributed by atoms with Crippen LogP contribution in [-0.4, -0.2) is 40.8 Å². The number of rotatable bonds is 3. The molecule has 6 heteroatoms. The van der Waals surface area contributed by atoms with E-state index in [1.165, 1.54) is 13.4 Å². The van der Waals surface area contributed by atoms with E-state index in [0.29, 0.717) is 4.90 Å². The standard InChI is InChI=1S/C14H19NO4S/c1-19-14(16)11-7-9-15(10-8-11)12-3-5-13(6-4-12)20(2,17)18/h3-6,11H,7-10H2,1-2H3. The van der Waals surface area contributed by atoms with E-state index in [1.54, 1.807) is 12.1 Å². The highest BCUT2D eigenvalue weighted by Crippen LogP contribution is 2.25. The first-order chi connectivity index (χ1) is 9.41. The molecule has 0 radical (unpaired) electrons. The molecule has 1 saturated heterocycles. The largest absolute Gasteiger partial charge is 0.469 e. The van der Waals surface area contributed by atoms with Gasteiger partial charge in [-0.3, -0.25) is 4.79 Å². The molecule has 20 heavy (non-hydrogen) atoms. The van der Waals surface area contributed by atoms with E-state index in [9.17, 15) is 13.2 Å². The Morgan fingerprint density at radius 2 is 1.75 bits per heavy atom. The summed E-state index contributed by atoms with van der Waals surface area (Å²) in [6, 6.07) is 6.87. The maximum absolute atomic E-state index is 11.5. The summed E-state index contributed by atoms with van der Waals surface area (Å²) < 4.78 is 27.6. The first-order valence-electron chi connectivity index (χ1n) is 6.54. The molecule has 0 N–H and O–H groups in total. The summed E-state index contributed by atoms with van der Waals surface area (Å²) in [5, 5.41) is 0. The highest BCUT2D eigenvalue weighted by atomic mass is 32.2. The second-order valence-corrected chi connectivity index (χ2v) is 7.07. The van der Waals surface area contributed by atoms with Crippen LogP contribution in [-0.2, 0) is 19.4 Å². The van der Waals surface area contributed by atoms with Gasteiger partial charge in [-0.1, -0.05) is 0 Å². The lowest BCUT2D eigenvalue weighted by Gasteiger charge is -2.32. The molecule has 0 aliphatic carbocycles. The van der Waals surface area contributed by atoms with Crippen LogP contribution < -0.4 is 4.90 Å². The Labute approximate surface area is 119 Å². The zero-order chi connectivity index (χ0) is 14.8. The van der Waals surface area contributed by atoms with Gasteiger partial charge >= 0.3 is 5.97 Å². The fourth-order valence-electron chi connectivity index (χ4n) is 2.44. The topological polar surface area (TPSA) is 63.7 Å². The van der Waals surface area contributed by atoms with Crippen molar-refractivity contribution in [2.75, 3.05) is 31.4 Å². The summed E-state index contributed by atoms with van der Waals surface area (Å²) in [7, 11) is -1.74. The van der Waals surface area contributed by atoms with Crippen LogP contribution in [0.2, 0.25) is 0 Å². The highest BCUT2D eigenvalue weighted by molar-refractivity contribution is 7.90. The van der Waals surface area contributed by atoms with Crippen molar-refractivity contribution in [2.45, 2.75) is 17.7 Å². The molecular weight excluding hydrogens is 278 g/mol. The van der Waals surface area contributed by atoms with Crippen LogP contribution in [0.4, 0.5) is 5.69 Å². The second-order valence-electron chi connectivity index (χ2n) is 5.05. The van der Waals surface area contributed by atoms with Gasteiger partial charge < -0.3 is 9.64 Å². The third-order valence-electron chi connectivity index (χ3n) is 3.66. The lowest BCUT2D eigenvalue weighted by molar-refractivity contribution is -0.146. The second kappa shape index (κ2) is 5.83. The number of esters is 1. The number of anilines is 1. The van der Waals surface area contributed by atoms with Crippen LogP contribution in [0, 0.1) is 5.92 Å². The molecule has 0 unspecified atom stereocenters. The van der Waals surface area contributed by atoms with Crippen LogP contribution in [0.15, 0.2) is 29.2 Å². The summed E-state index contributed by atoms with van der Waals surface area (Å²) in [5.41, 5.74) is 0.987. The molecule has 0 bridgehead atoms. The number of hydrogen-bond donors (Lipinski definition) is 0. The first-order valence-corrected chi connectivity index (χ1v) is 8.44. The normalized spacial score (nSPS) is 17.0. The summed E-state index contributed by atoms with van der Waals surface area (Å²) in [4.78, 5) is 13.9. The molecule has 0 saturated carbocycles. The van der Waals surface area contributed by atoms with E-state index in [-0.39, 0.29) is 11.9 Å². The molecule has 1 fully saturated rings. The van der Waals surface area contributed by atoms with Crippen molar-refractivity contribution in [2.24, 2.45) is 5.92 Å². The van der Waals surface area contributed by atoms with Crippen LogP contribution in [0.1, 0.15) is 12.8 Å². The smallest absolute Gasteiger partial charge is 0.308 e. The Hall–Kier alpha value is -1.56. The van der Waals surface area contributed by atoms with Crippen LogP contribution >= 0.6 is 0 Å². The minimum absolute atomic E-state index is 0.0217. The predicted octanol–water partition coefficient (Wildman–Crippen LogP) is 1.48. The number of sulfone groups is 1. The van der Waals surface area contributed by atoms with E-state index in [1.807, 2.05) is 12.1 Å². The van der Waals surface area contributed by atoms with Gasteiger partial charge in [0.2, 0.25) is 0 Å². The Bertz CT molecular complexity index is 572. The van der Waals surface area contributed by atoms with Crippen molar-refractivity contribution in [3.63, 3.8) is 0 Å². The van der Waals surface area contributed by atoms with Gasteiger partial charge in [-0.25, -0.2) is 8.42 Å². The molecule has 0 aromatic heterocycles. The van der Waals surface area contributed by atoms with E-state index in [0.717, 1.165) is 31.6 Å². The summed E-state index contributed by atoms with van der Waals surface area (Å²) >= 11 is 0. The minimum atomic E-state index is -3.15. The van der Waals surface area contributed by atoms with Crippen molar-refractivity contribution >= 4 is 21.5 Å². The predicted molar refractivity (Wildman–Crippen MR) is 76.5 cm³/mol. The van der Waals surface area contributed by atoms with E-state index < -0.39 is 9.84 Å². The molecule has 5 nitrogen and oxygen atoms in total. The fraction of sp³-hybridized carbons (Fsp3) is 0.500. The number of carbonyl (C=O) groups is 1. The molecule has 0 spiro atoms. The van der Waals surface area contributed by atoms with Gasteiger partial charge in [0.1, 0.15) is 0 Å². The van der Waals surface area contributed by atoms with Crippen molar-refractivity contribution in [3.05, 3.63) is 24.3 Å². The van der Waals surface area contributed by atoms with Gasteiger partial charge in [0.15, 0.2) is 9.84 Å². The number of hydrogen-bond acceptors (Lipinski definition) is 5. The quantitative estimate of drug-likeness (QED) is 0.791. The van der Waals surface area contributed by atoms with Crippen molar-refractivity contribution in [1.29, 1.82) is 0 Å². The molecule has 1 heterocycles. The average Bonchev–Trinajstić information content (AvgIpc) is 2.46. The van der Waals surface area contributed by atoms with Crippen LogP contribution in [0.25, 0.3) is 0 Å². The Morgan fingerprint density at radius 3 is 2.20 bits per heavy atom. The number of benzene rings is 1. The van der Waals surface area contributed by atoms with Crippen molar-refractivity contribution in [3.8, 4) is 0 Å². The van der Waals surface area contributed by atoms with Gasteiger partial charge in [0.25, 0.3) is 0 Å². The number of nitrogens with zero attached hydrogens (tertiary/aromatic N) is 1. The van der Waals surface area contributed by atoms with Crippen molar-refractivity contribution in [1.82, 2.24) is 0 Å². The molecule has 110 valence electrons. The molecule has 1 aliphatic rings. The lowest BCUT2D eigenvalue weighted by Crippen LogP contribution is -2.36. The van der Waals surface area contributed by atoms with E-state index in [4.69, 9.17) is 4.74 Å². The number of carbonyl (C=O) groups excluding carboxylic acids is 1. The highest BCUT2D eigenvalue weighted by Gasteiger charge is 2.25. The minimum Gasteiger partial charge on any atom is -0.469 e. The average molecular weight is 297 g/mol. The van der Waals surface area contributed by atoms with E-state index >= 15 is 0 Å². The lowest BCUT2D eigenvalue weighted by atomic mass is 9.96. The number of ether oxygens (including phenoxy) is 1. The summed E-state index contributed by atoms with van der Waals surface area (Å²) in [5.74, 6) is -0.163. The van der Waals surface area contributed by atoms with Gasteiger partial charge in [0, 0.05) is 25.0 Å². The fourth-order valence-corrected chi connectivity index (χ4v) is 3.07. The van der Waals surface area contributed by atoms with Crippen LogP contribution in [0.5, 0.6) is 0 Å². The zero-order valence-electron chi connectivity index (χ0n) is 11.7. The van der Waals surface area contributed by atoms with E-state index in [2.05, 4.69) is 4.90 Å². The molecule has 1 aromatic rings. The van der Waals surface area contributed by atoms with Crippen LogP contribution in [0.3, 0.4) is 0 Å². The third kappa shape index (κ3) is 3.30. The number of methoxy groups -OCH3 is 1. The molecule has 0 atom stereocenters. The molecule has 1 aromatic carbocycles. The molecular formula is C14H19NO4S. The molecule has 1 aliphatic heterocycles. The SMILES string of the molecule is COC(=O)C1CCN(c2ccc(S(C)(=O)=O)cc2)CC1. The Kier molecular flexibility index (Phi) is 4.32. The maximum Gasteiger partial charge on any atom is 0.308 e. The third-order valence-corrected chi connectivity index (χ3v) is 4.79. The van der Waals surface area contributed by atoms with Gasteiger partial charge in [-0.2, -0.15) is 0 Å². The number of piperidine rings is 1. The summed E-state index contributed by atoms with van der Waals surface area (Å²) in [6.07, 6.45) is 2.73. The van der Waals surface area contributed by atoms with Gasteiger partial charge in [0.05, 0.1) is 17.9 Å². The molecule has 2 rings (SSSR count). The molecule has 0 amide bonds. The zero-order valence-corrected chi connectivity index (χ0v) is 12.5. The summed E-state index contributed by atoms with van der Waals surface area (Å²) in [6.45, 7) is 1.55. The van der Waals surface area contributed by atoms with Gasteiger partial charge in [-0.15, -0.1) is 0 Å². The van der Waals surface area contributed by atoms with Crippen molar-refractivity contribution < 1.29 is 17.9 Å². The Balaban J connectivity index is 2.02. The first kappa shape index (κ1) is 14.8.